The lowest BCUT2D eigenvalue weighted by molar-refractivity contribution is 0.590. The Morgan fingerprint density at radius 3 is 1.89 bits per heavy atom. The molecule has 54 heavy (non-hydrogen) atoms. The molecule has 0 fully saturated rings. The van der Waals surface area contributed by atoms with E-state index in [1.54, 1.807) is 0 Å². The van der Waals surface area contributed by atoms with E-state index in [0.29, 0.717) is 0 Å². The summed E-state index contributed by atoms with van der Waals surface area (Å²) in [5, 5.41) is 0. The fourth-order valence-electron chi connectivity index (χ4n) is 10.0. The van der Waals surface area contributed by atoms with Crippen LogP contribution in [0.25, 0.3) is 33.4 Å². The second kappa shape index (κ2) is 11.6. The summed E-state index contributed by atoms with van der Waals surface area (Å²) < 4.78 is 6.87. The molecular formula is C51H44BNO. The number of para-hydroxylation sites is 2. The molecule has 2 aliphatic heterocycles. The lowest BCUT2D eigenvalue weighted by Crippen LogP contribution is -2.52. The van der Waals surface area contributed by atoms with Gasteiger partial charge in [0.05, 0.1) is 11.4 Å². The molecule has 2 nitrogen and oxygen atoms in total. The van der Waals surface area contributed by atoms with Crippen LogP contribution in [0.15, 0.2) is 140 Å². The number of fused-ring (bicyclic) bond motifs is 8. The monoisotopic (exact) mass is 697 g/mol. The van der Waals surface area contributed by atoms with Gasteiger partial charge in [-0.25, -0.2) is 0 Å². The van der Waals surface area contributed by atoms with Crippen LogP contribution in [-0.4, -0.2) is 6.92 Å². The fourth-order valence-corrected chi connectivity index (χ4v) is 10.0. The van der Waals surface area contributed by atoms with E-state index in [1.165, 1.54) is 89.1 Å². The van der Waals surface area contributed by atoms with E-state index < -0.39 is 0 Å². The number of aryl methyl sites for hydroxylation is 3. The van der Waals surface area contributed by atoms with Crippen molar-refractivity contribution >= 4 is 34.9 Å². The summed E-state index contributed by atoms with van der Waals surface area (Å²) in [5.74, 6) is 0.928. The molecule has 0 N–H and O–H groups in total. The van der Waals surface area contributed by atoms with Gasteiger partial charge in [0.2, 0.25) is 0 Å². The highest BCUT2D eigenvalue weighted by Crippen LogP contribution is 2.54. The molecule has 0 spiro atoms. The van der Waals surface area contributed by atoms with E-state index in [2.05, 4.69) is 193 Å². The second-order valence-corrected chi connectivity index (χ2v) is 16.7. The molecule has 0 unspecified atom stereocenters. The van der Waals surface area contributed by atoms with Gasteiger partial charge in [0.25, 0.3) is 0 Å². The van der Waals surface area contributed by atoms with Gasteiger partial charge in [0.1, 0.15) is 5.75 Å². The molecule has 7 aromatic rings. The Morgan fingerprint density at radius 2 is 1.09 bits per heavy atom. The normalized spacial score (nSPS) is 15.3. The van der Waals surface area contributed by atoms with Crippen LogP contribution < -0.4 is 20.5 Å². The van der Waals surface area contributed by atoms with Crippen molar-refractivity contribution in [3.63, 3.8) is 0 Å². The molecule has 3 heteroatoms. The molecule has 0 bridgehead atoms. The average Bonchev–Trinajstić information content (AvgIpc) is 3.40. The predicted molar refractivity (Wildman–Crippen MR) is 228 cm³/mol. The minimum Gasteiger partial charge on any atom is -0.551 e. The zero-order valence-corrected chi connectivity index (χ0v) is 32.2. The quantitative estimate of drug-likeness (QED) is 0.170. The van der Waals surface area contributed by atoms with Crippen molar-refractivity contribution in [2.75, 3.05) is 4.90 Å². The number of hydrogen-bond acceptors (Lipinski definition) is 2. The van der Waals surface area contributed by atoms with Gasteiger partial charge < -0.3 is 9.55 Å². The summed E-state index contributed by atoms with van der Waals surface area (Å²) in [5.41, 5.74) is 22.7. The summed E-state index contributed by atoms with van der Waals surface area (Å²) in [7, 11) is 0. The van der Waals surface area contributed by atoms with Crippen molar-refractivity contribution in [1.82, 2.24) is 0 Å². The first-order chi connectivity index (χ1) is 26.0. The first-order valence-electron chi connectivity index (χ1n) is 19.3. The Kier molecular flexibility index (Phi) is 7.05. The van der Waals surface area contributed by atoms with Crippen LogP contribution in [0.5, 0.6) is 5.75 Å². The van der Waals surface area contributed by atoms with Crippen molar-refractivity contribution in [2.45, 2.75) is 59.3 Å². The average molecular weight is 698 g/mol. The lowest BCUT2D eigenvalue weighted by atomic mass is 9.50. The predicted octanol–water partition coefficient (Wildman–Crippen LogP) is 11.9. The van der Waals surface area contributed by atoms with Gasteiger partial charge >= 0.3 is 6.92 Å². The highest BCUT2D eigenvalue weighted by atomic mass is 16.4. The molecule has 0 saturated heterocycles. The molecule has 0 amide bonds. The van der Waals surface area contributed by atoms with Crippen LogP contribution in [0.3, 0.4) is 0 Å². The molecule has 3 aliphatic rings. The molecule has 0 atom stereocenters. The van der Waals surface area contributed by atoms with Crippen LogP contribution in [0.4, 0.5) is 17.1 Å². The molecule has 0 saturated carbocycles. The molecular weight excluding hydrogens is 653 g/mol. The van der Waals surface area contributed by atoms with E-state index in [0.717, 1.165) is 17.0 Å². The van der Waals surface area contributed by atoms with Crippen molar-refractivity contribution in [3.05, 3.63) is 178 Å². The topological polar surface area (TPSA) is 12.5 Å². The van der Waals surface area contributed by atoms with Crippen molar-refractivity contribution in [3.8, 4) is 39.1 Å². The van der Waals surface area contributed by atoms with Gasteiger partial charge in [-0.05, 0) is 124 Å². The smallest absolute Gasteiger partial charge is 0.427 e. The Morgan fingerprint density at radius 1 is 0.481 bits per heavy atom. The molecule has 7 aromatic carbocycles. The van der Waals surface area contributed by atoms with E-state index in [1.807, 2.05) is 0 Å². The Balaban J connectivity index is 1.13. The van der Waals surface area contributed by atoms with Crippen molar-refractivity contribution < 1.29 is 4.65 Å². The highest BCUT2D eigenvalue weighted by Gasteiger charge is 2.40. The number of rotatable bonds is 3. The van der Waals surface area contributed by atoms with Crippen LogP contribution in [0.2, 0.25) is 0 Å². The molecule has 1 aliphatic carbocycles. The third kappa shape index (κ3) is 4.67. The minimum atomic E-state index is -0.204. The maximum absolute atomic E-state index is 6.87. The Labute approximate surface area is 320 Å². The Hall–Kier alpha value is -5.80. The third-order valence-corrected chi connectivity index (χ3v) is 12.6. The standard InChI is InChI=1S/C51H44BNO/c1-31-26-32(2)49(33(3)27-31)52-45-24-22-36(30-40(45)38-15-9-13-19-48(38)54-52)53-46-18-12-11-17-43(46)51(6,7)44-29-35(21-25-47(44)53)34-20-23-42-39(28-34)37-14-8-10-16-41(37)50(42,4)5/h8-30H,1-7H3. The molecule has 262 valence electrons. The van der Waals surface area contributed by atoms with Crippen LogP contribution in [-0.2, 0) is 10.8 Å². The van der Waals surface area contributed by atoms with E-state index in [-0.39, 0.29) is 17.7 Å². The molecule has 0 radical (unpaired) electrons. The SMILES string of the molecule is Cc1cc(C)c(B2Oc3ccccc3-c3cc(N4c5ccccc5C(C)(C)c5cc(-c6ccc7c(c6)-c6ccccc6C7(C)C)ccc54)ccc32)c(C)c1. The van der Waals surface area contributed by atoms with Crippen molar-refractivity contribution in [2.24, 2.45) is 0 Å². The number of nitrogens with zero attached hydrogens (tertiary/aromatic N) is 1. The van der Waals surface area contributed by atoms with Gasteiger partial charge in [0.15, 0.2) is 0 Å². The van der Waals surface area contributed by atoms with Crippen LogP contribution >= 0.6 is 0 Å². The lowest BCUT2D eigenvalue weighted by Gasteiger charge is -2.42. The maximum atomic E-state index is 6.87. The largest absolute Gasteiger partial charge is 0.551 e. The van der Waals surface area contributed by atoms with Gasteiger partial charge in [-0.15, -0.1) is 0 Å². The van der Waals surface area contributed by atoms with Crippen molar-refractivity contribution in [1.29, 1.82) is 0 Å². The maximum Gasteiger partial charge on any atom is 0.427 e. The van der Waals surface area contributed by atoms with Gasteiger partial charge in [0, 0.05) is 22.1 Å². The summed E-state index contributed by atoms with van der Waals surface area (Å²) in [4.78, 5) is 2.48. The van der Waals surface area contributed by atoms with E-state index >= 15 is 0 Å². The second-order valence-electron chi connectivity index (χ2n) is 16.7. The zero-order valence-electron chi connectivity index (χ0n) is 32.2. The first-order valence-corrected chi connectivity index (χ1v) is 19.3. The zero-order chi connectivity index (χ0) is 37.1. The van der Waals surface area contributed by atoms with Crippen LogP contribution in [0, 0.1) is 20.8 Å². The third-order valence-electron chi connectivity index (χ3n) is 12.6. The molecule has 0 aromatic heterocycles. The number of hydrogen-bond donors (Lipinski definition) is 0. The number of anilines is 3. The highest BCUT2D eigenvalue weighted by molar-refractivity contribution is 6.83. The summed E-state index contributed by atoms with van der Waals surface area (Å²) in [6.45, 7) is 15.9. The fraction of sp³-hybridized carbons (Fsp3) is 0.176. The van der Waals surface area contributed by atoms with E-state index in [9.17, 15) is 0 Å². The molecule has 10 rings (SSSR count). The summed E-state index contributed by atoms with van der Waals surface area (Å²) in [6, 6.07) is 52.2. The number of benzene rings is 7. The summed E-state index contributed by atoms with van der Waals surface area (Å²) in [6.07, 6.45) is 0. The Bertz CT molecular complexity index is 2680. The molecule has 2 heterocycles. The van der Waals surface area contributed by atoms with E-state index in [4.69, 9.17) is 4.65 Å². The first kappa shape index (κ1) is 32.8. The minimum absolute atomic E-state index is 0.00810. The van der Waals surface area contributed by atoms with Gasteiger partial charge in [-0.3, -0.25) is 0 Å². The van der Waals surface area contributed by atoms with Gasteiger partial charge in [-0.1, -0.05) is 141 Å². The van der Waals surface area contributed by atoms with Crippen LogP contribution in [0.1, 0.15) is 66.6 Å². The summed E-state index contributed by atoms with van der Waals surface area (Å²) >= 11 is 0. The van der Waals surface area contributed by atoms with Gasteiger partial charge in [-0.2, -0.15) is 0 Å².